The van der Waals surface area contributed by atoms with Gasteiger partial charge in [0.1, 0.15) is 0 Å². The van der Waals surface area contributed by atoms with Crippen molar-refractivity contribution in [2.24, 2.45) is 52.4 Å². The fourth-order valence-corrected chi connectivity index (χ4v) is 10.4. The Morgan fingerprint density at radius 1 is 0.778 bits per heavy atom. The lowest BCUT2D eigenvalue weighted by Crippen LogP contribution is -2.55. The molecular formula is C37H28ClN3O4. The van der Waals surface area contributed by atoms with Crippen LogP contribution >= 0.6 is 11.6 Å². The van der Waals surface area contributed by atoms with Crippen LogP contribution in [0.25, 0.3) is 0 Å². The predicted octanol–water partition coefficient (Wildman–Crippen LogP) is 5.24. The van der Waals surface area contributed by atoms with E-state index in [1.54, 1.807) is 18.3 Å². The third-order valence-corrected chi connectivity index (χ3v) is 12.5. The van der Waals surface area contributed by atoms with Gasteiger partial charge in [0.2, 0.25) is 11.8 Å². The highest BCUT2D eigenvalue weighted by atomic mass is 35.5. The fraction of sp³-hybridized carbons (Fsp3) is 0.324. The second-order valence-corrected chi connectivity index (χ2v) is 14.3. The summed E-state index contributed by atoms with van der Waals surface area (Å²) in [7, 11) is 0. The standard InChI is InChI=1S/C37H28ClN3O4/c1-17-10-11-18(14-27(17)38)40-33(42)31-28-21-6-2-4-8-25(21)37(32(31)36(40)45,26-9-5-3-7-22(26)28)16-39-41-34(43)29-19-12-13-20(24-15-23(19)24)30(29)35(41)44/h2-14,16,19-20,23-24,28-32H,15H2,1H3/b39-16-/t19-,20-,23-,24+,28?,29-,30+,31+,32-,37?/m0/s1. The quantitative estimate of drug-likeness (QED) is 0.230. The summed E-state index contributed by atoms with van der Waals surface area (Å²) in [6, 6.07) is 21.0. The van der Waals surface area contributed by atoms with Gasteiger partial charge in [0.25, 0.3) is 11.8 Å². The van der Waals surface area contributed by atoms with Crippen LogP contribution in [-0.4, -0.2) is 34.9 Å². The number of hydrogen-bond acceptors (Lipinski definition) is 5. The summed E-state index contributed by atoms with van der Waals surface area (Å²) in [5.74, 6) is -2.58. The molecule has 0 aromatic heterocycles. The van der Waals surface area contributed by atoms with Crippen molar-refractivity contribution < 1.29 is 19.2 Å². The van der Waals surface area contributed by atoms with E-state index in [0.29, 0.717) is 22.5 Å². The molecule has 4 amide bonds. The Bertz CT molecular complexity index is 1920. The van der Waals surface area contributed by atoms with Crippen LogP contribution in [0, 0.1) is 54.3 Å². The lowest BCUT2D eigenvalue weighted by molar-refractivity contribution is -0.140. The number of imide groups is 2. The number of amides is 4. The largest absolute Gasteiger partial charge is 0.274 e. The Morgan fingerprint density at radius 3 is 1.98 bits per heavy atom. The van der Waals surface area contributed by atoms with E-state index >= 15 is 0 Å². The summed E-state index contributed by atoms with van der Waals surface area (Å²) in [5, 5.41) is 6.32. The first-order chi connectivity index (χ1) is 21.8. The van der Waals surface area contributed by atoms with E-state index < -0.39 is 17.3 Å². The highest BCUT2D eigenvalue weighted by Crippen LogP contribution is 2.66. The van der Waals surface area contributed by atoms with E-state index in [1.807, 2.05) is 61.5 Å². The van der Waals surface area contributed by atoms with Crippen LogP contribution in [0.1, 0.15) is 40.2 Å². The van der Waals surface area contributed by atoms with Crippen molar-refractivity contribution in [1.29, 1.82) is 0 Å². The van der Waals surface area contributed by atoms with Gasteiger partial charge in [0.15, 0.2) is 0 Å². The highest BCUT2D eigenvalue weighted by molar-refractivity contribution is 6.32. The summed E-state index contributed by atoms with van der Waals surface area (Å²) in [5.41, 5.74) is 3.79. The van der Waals surface area contributed by atoms with E-state index in [4.69, 9.17) is 16.7 Å². The Kier molecular flexibility index (Phi) is 4.87. The monoisotopic (exact) mass is 613 g/mol. The molecule has 2 heterocycles. The van der Waals surface area contributed by atoms with E-state index in [-0.39, 0.29) is 53.2 Å². The number of benzene rings is 3. The third-order valence-electron chi connectivity index (χ3n) is 12.1. The van der Waals surface area contributed by atoms with E-state index in [0.717, 1.165) is 39.2 Å². The molecule has 7 aliphatic carbocycles. The van der Waals surface area contributed by atoms with Gasteiger partial charge in [-0.2, -0.15) is 10.1 Å². The lowest BCUT2D eigenvalue weighted by Gasteiger charge is -2.52. The maximum Gasteiger partial charge on any atom is 0.254 e. The number of carbonyl (C=O) groups excluding carboxylic acids is 4. The molecule has 0 spiro atoms. The number of hydrogen-bond donors (Lipinski definition) is 0. The molecule has 2 saturated heterocycles. The van der Waals surface area contributed by atoms with Crippen LogP contribution in [0.15, 0.2) is 84.0 Å². The molecule has 3 aromatic carbocycles. The van der Waals surface area contributed by atoms with E-state index in [2.05, 4.69) is 12.2 Å². The maximum absolute atomic E-state index is 14.7. The Labute approximate surface area is 264 Å². The molecule has 12 rings (SSSR count). The van der Waals surface area contributed by atoms with Crippen molar-refractivity contribution >= 4 is 47.1 Å². The minimum absolute atomic E-state index is 0.0830. The van der Waals surface area contributed by atoms with Gasteiger partial charge in [-0.15, -0.1) is 0 Å². The molecule has 8 atom stereocenters. The van der Waals surface area contributed by atoms with Crippen LogP contribution in [0.5, 0.6) is 0 Å². The molecule has 0 radical (unpaired) electrons. The summed E-state index contributed by atoms with van der Waals surface area (Å²) in [6.07, 6.45) is 7.02. The molecule has 45 heavy (non-hydrogen) atoms. The van der Waals surface area contributed by atoms with Gasteiger partial charge >= 0.3 is 0 Å². The summed E-state index contributed by atoms with van der Waals surface area (Å²) < 4.78 is 0. The highest BCUT2D eigenvalue weighted by Gasteiger charge is 2.69. The van der Waals surface area contributed by atoms with Crippen LogP contribution in [0.3, 0.4) is 0 Å². The zero-order valence-electron chi connectivity index (χ0n) is 24.3. The zero-order valence-corrected chi connectivity index (χ0v) is 25.1. The molecule has 4 bridgehead atoms. The number of halogens is 1. The molecule has 0 unspecified atom stereocenters. The Balaban J connectivity index is 1.15. The topological polar surface area (TPSA) is 87.1 Å². The first-order valence-electron chi connectivity index (χ1n) is 15.8. The van der Waals surface area contributed by atoms with Gasteiger partial charge in [0.05, 0.1) is 34.8 Å². The smallest absolute Gasteiger partial charge is 0.254 e. The molecule has 222 valence electrons. The molecule has 0 N–H and O–H groups in total. The molecule has 7 nitrogen and oxygen atoms in total. The van der Waals surface area contributed by atoms with Gasteiger partial charge in [-0.05, 0) is 77.0 Å². The summed E-state index contributed by atoms with van der Waals surface area (Å²) >= 11 is 6.48. The molecule has 2 saturated carbocycles. The third kappa shape index (κ3) is 2.96. The first kappa shape index (κ1) is 25.9. The molecule has 2 aliphatic heterocycles. The fourth-order valence-electron chi connectivity index (χ4n) is 10.2. The van der Waals surface area contributed by atoms with Gasteiger partial charge in [0, 0.05) is 17.2 Å². The molecule has 3 aromatic rings. The van der Waals surface area contributed by atoms with Gasteiger partial charge in [-0.25, -0.2) is 4.90 Å². The Hall–Kier alpha value is -4.36. The van der Waals surface area contributed by atoms with Crippen molar-refractivity contribution in [3.05, 3.63) is 112 Å². The second-order valence-electron chi connectivity index (χ2n) is 13.9. The van der Waals surface area contributed by atoms with Crippen molar-refractivity contribution in [3.63, 3.8) is 0 Å². The number of hydrazone groups is 1. The maximum atomic E-state index is 14.7. The summed E-state index contributed by atoms with van der Waals surface area (Å²) in [4.78, 5) is 58.2. The molecule has 4 fully saturated rings. The molecular weight excluding hydrogens is 586 g/mol. The second kappa shape index (κ2) is 8.46. The molecule has 8 heteroatoms. The number of carbonyl (C=O) groups is 4. The van der Waals surface area contributed by atoms with Crippen LogP contribution in [0.2, 0.25) is 5.02 Å². The number of nitrogens with zero attached hydrogens (tertiary/aromatic N) is 3. The number of anilines is 1. The van der Waals surface area contributed by atoms with Crippen molar-refractivity contribution in [1.82, 2.24) is 5.01 Å². The van der Waals surface area contributed by atoms with E-state index in [9.17, 15) is 19.2 Å². The van der Waals surface area contributed by atoms with Gasteiger partial charge in [-0.3, -0.25) is 19.2 Å². The SMILES string of the molecule is Cc1ccc(N2C(=O)[C@@H]3C4c5ccccc5C(/C=N\N5C(=O)[C@@H]6[C@H]7C=C[C@@H]([C@@H]8C[C@H]78)[C@@H]6C5=O)(c5ccccc54)[C@@H]3C2=O)cc1Cl. The minimum Gasteiger partial charge on any atom is -0.274 e. The average molecular weight is 614 g/mol. The zero-order chi connectivity index (χ0) is 30.5. The van der Waals surface area contributed by atoms with Crippen molar-refractivity contribution in [2.75, 3.05) is 4.90 Å². The number of allylic oxidation sites excluding steroid dienone is 2. The number of aryl methyl sites for hydroxylation is 1. The van der Waals surface area contributed by atoms with Crippen LogP contribution in [0.4, 0.5) is 5.69 Å². The molecule has 9 aliphatic rings. The predicted molar refractivity (Wildman–Crippen MR) is 166 cm³/mol. The van der Waals surface area contributed by atoms with Crippen molar-refractivity contribution in [2.45, 2.75) is 24.7 Å². The minimum atomic E-state index is -1.17. The van der Waals surface area contributed by atoms with Crippen LogP contribution < -0.4 is 4.90 Å². The number of rotatable bonds is 3. The first-order valence-corrected chi connectivity index (χ1v) is 16.1. The van der Waals surface area contributed by atoms with Gasteiger partial charge in [-0.1, -0.05) is 78.4 Å². The Morgan fingerprint density at radius 2 is 1.38 bits per heavy atom. The van der Waals surface area contributed by atoms with Crippen LogP contribution in [-0.2, 0) is 24.6 Å². The lowest BCUT2D eigenvalue weighted by atomic mass is 9.47. The normalized spacial score (nSPS) is 37.7. The summed E-state index contributed by atoms with van der Waals surface area (Å²) in [6.45, 7) is 1.88. The van der Waals surface area contributed by atoms with Gasteiger partial charge < -0.3 is 0 Å². The average Bonchev–Trinajstić information content (AvgIpc) is 3.79. The van der Waals surface area contributed by atoms with Crippen molar-refractivity contribution in [3.8, 4) is 0 Å². The van der Waals surface area contributed by atoms with E-state index in [1.165, 1.54) is 4.90 Å².